The zero-order valence-electron chi connectivity index (χ0n) is 35.3. The number of nitrogens with zero attached hydrogens (tertiary/aromatic N) is 4. The molecule has 4 fully saturated rings. The molecular weight excluding hydrogens is 801 g/mol. The van der Waals surface area contributed by atoms with Gasteiger partial charge in [0.15, 0.2) is 0 Å². The van der Waals surface area contributed by atoms with Crippen molar-refractivity contribution in [2.75, 3.05) is 26.7 Å². The minimum Gasteiger partial charge on any atom is -0.497 e. The molecule has 3 aliphatic heterocycles. The second kappa shape index (κ2) is 16.6. The van der Waals surface area contributed by atoms with Crippen LogP contribution in [0.4, 0.5) is 0 Å². The molecule has 3 aromatic rings. The number of hydrogen-bond donors (Lipinski definition) is 2. The molecule has 4 amide bonds. The quantitative estimate of drug-likeness (QED) is 0.232. The maximum absolute atomic E-state index is 14.9. The fourth-order valence-electron chi connectivity index (χ4n) is 9.43. The Morgan fingerprint density at radius 2 is 1.75 bits per heavy atom. The summed E-state index contributed by atoms with van der Waals surface area (Å²) in [7, 11) is -2.34. The van der Waals surface area contributed by atoms with Crippen LogP contribution >= 0.6 is 0 Å². The van der Waals surface area contributed by atoms with E-state index in [4.69, 9.17) is 14.5 Å². The van der Waals surface area contributed by atoms with Gasteiger partial charge in [0.05, 0.1) is 29.8 Å². The first-order valence-electron chi connectivity index (χ1n) is 21.5. The molecular formula is C45H56N6O9S. The lowest BCUT2D eigenvalue weighted by Crippen LogP contribution is -2.58. The molecule has 4 heterocycles. The first kappa shape index (κ1) is 42.4. The van der Waals surface area contributed by atoms with Gasteiger partial charge in [-0.15, -0.1) is 0 Å². The van der Waals surface area contributed by atoms with E-state index in [1.54, 1.807) is 37.7 Å². The lowest BCUT2D eigenvalue weighted by Gasteiger charge is -2.33. The van der Waals surface area contributed by atoms with Crippen molar-refractivity contribution in [1.29, 1.82) is 0 Å². The summed E-state index contributed by atoms with van der Waals surface area (Å²) in [5.74, 6) is -3.12. The summed E-state index contributed by atoms with van der Waals surface area (Å²) in [6.45, 7) is 5.90. The first-order chi connectivity index (χ1) is 29.1. The van der Waals surface area contributed by atoms with Crippen LogP contribution in [0.1, 0.15) is 78.6 Å². The van der Waals surface area contributed by atoms with Gasteiger partial charge in [-0.25, -0.2) is 13.4 Å². The van der Waals surface area contributed by atoms with Crippen molar-refractivity contribution in [3.05, 3.63) is 60.7 Å². The zero-order valence-corrected chi connectivity index (χ0v) is 36.1. The number of fused-ring (bicyclic) bond motifs is 5. The molecule has 61 heavy (non-hydrogen) atoms. The van der Waals surface area contributed by atoms with Gasteiger partial charge < -0.3 is 29.2 Å². The number of aromatic nitrogens is 2. The molecule has 6 atom stereocenters. The van der Waals surface area contributed by atoms with Gasteiger partial charge in [-0.3, -0.25) is 28.7 Å². The molecule has 2 N–H and O–H groups in total. The van der Waals surface area contributed by atoms with Gasteiger partial charge in [0.1, 0.15) is 35.3 Å². The van der Waals surface area contributed by atoms with Crippen molar-refractivity contribution in [2.45, 2.75) is 108 Å². The number of amides is 4. The van der Waals surface area contributed by atoms with Gasteiger partial charge in [0.25, 0.3) is 5.91 Å². The number of likely N-dealkylation sites (tertiary alicyclic amines) is 1. The highest BCUT2D eigenvalue weighted by atomic mass is 32.2. The number of sulfonamides is 1. The van der Waals surface area contributed by atoms with Crippen LogP contribution in [0.15, 0.2) is 60.7 Å². The standard InChI is InChI=1S/C45H56N6O9S/c1-44(2,3)60-38(53)21-29-15-9-6-5-7-12-16-31-23-45(31,43(56)48-61(57,58)33-18-19-33)47-41(54)39-34-26-49(24-30(34)25-51(39)42(29)55)37(52)27-50-36-20-17-32(59-4)22-35(36)46-40(50)28-13-10-8-11-14-28/h8,10-14,16-17,20,22,29-31,33-34,39H,5-7,9,15,18-19,21,23-27H2,1-4H3,(H,47,54)(H,48,56)/b16-12-/t29-,30-,31+,34-,39-,45+/m0/s1. The molecule has 2 saturated heterocycles. The number of methoxy groups -OCH3 is 1. The highest BCUT2D eigenvalue weighted by Gasteiger charge is 2.63. The third-order valence-electron chi connectivity index (χ3n) is 12.8. The Hall–Kier alpha value is -5.25. The van der Waals surface area contributed by atoms with Gasteiger partial charge in [-0.05, 0) is 71.4 Å². The molecule has 2 aromatic carbocycles. The molecule has 0 spiro atoms. The Balaban J connectivity index is 1.09. The predicted molar refractivity (Wildman–Crippen MR) is 226 cm³/mol. The minimum atomic E-state index is -3.92. The number of hydrogen-bond acceptors (Lipinski definition) is 10. The summed E-state index contributed by atoms with van der Waals surface area (Å²) < 4.78 is 41.2. The topological polar surface area (TPSA) is 186 Å². The zero-order chi connectivity index (χ0) is 43.3. The van der Waals surface area contributed by atoms with Crippen molar-refractivity contribution in [3.8, 4) is 17.1 Å². The maximum atomic E-state index is 14.9. The van der Waals surface area contributed by atoms with Crippen LogP contribution in [0.25, 0.3) is 22.4 Å². The van der Waals surface area contributed by atoms with E-state index in [1.807, 2.05) is 65.3 Å². The normalized spacial score (nSPS) is 27.5. The Morgan fingerprint density at radius 1 is 0.984 bits per heavy atom. The summed E-state index contributed by atoms with van der Waals surface area (Å²) >= 11 is 0. The van der Waals surface area contributed by atoms with Crippen molar-refractivity contribution < 1.29 is 41.9 Å². The third kappa shape index (κ3) is 8.91. The number of allylic oxidation sites excluding steroid dienone is 1. The van der Waals surface area contributed by atoms with E-state index >= 15 is 0 Å². The van der Waals surface area contributed by atoms with Gasteiger partial charge in [-0.2, -0.15) is 0 Å². The molecule has 8 rings (SSSR count). The first-order valence-corrected chi connectivity index (χ1v) is 23.1. The van der Waals surface area contributed by atoms with Gasteiger partial charge in [0.2, 0.25) is 27.7 Å². The van der Waals surface area contributed by atoms with Crippen LogP contribution in [-0.4, -0.2) is 107 Å². The number of esters is 1. The highest BCUT2D eigenvalue weighted by Crippen LogP contribution is 2.47. The smallest absolute Gasteiger partial charge is 0.307 e. The van der Waals surface area contributed by atoms with Crippen molar-refractivity contribution in [2.24, 2.45) is 23.7 Å². The van der Waals surface area contributed by atoms with Crippen LogP contribution < -0.4 is 14.8 Å². The van der Waals surface area contributed by atoms with Crippen molar-refractivity contribution in [1.82, 2.24) is 29.4 Å². The van der Waals surface area contributed by atoms with Crippen LogP contribution in [0.3, 0.4) is 0 Å². The van der Waals surface area contributed by atoms with E-state index < -0.39 is 68.0 Å². The molecule has 15 nitrogen and oxygen atoms in total. The molecule has 2 saturated carbocycles. The van der Waals surface area contributed by atoms with E-state index in [9.17, 15) is 32.4 Å². The predicted octanol–water partition coefficient (Wildman–Crippen LogP) is 4.35. The van der Waals surface area contributed by atoms with Crippen LogP contribution in [0.5, 0.6) is 5.75 Å². The fourth-order valence-corrected chi connectivity index (χ4v) is 10.8. The lowest BCUT2D eigenvalue weighted by atomic mass is 9.92. The van der Waals surface area contributed by atoms with E-state index in [-0.39, 0.29) is 56.8 Å². The lowest BCUT2D eigenvalue weighted by molar-refractivity contribution is -0.159. The summed E-state index contributed by atoms with van der Waals surface area (Å²) in [4.78, 5) is 79.3. The number of ether oxygens (including phenoxy) is 2. The Labute approximate surface area is 356 Å². The Morgan fingerprint density at radius 3 is 2.48 bits per heavy atom. The SMILES string of the molecule is COc1ccc2c(c1)nc(-c1ccccc1)n2CC(=O)N1C[C@H]2CN3C(=O)[C@H](CC(=O)OC(C)(C)C)CCCCC/C=C\[C@@H]4C[C@@]4(C(=O)NS(=O)(=O)C4CC4)NC(=O)[C@@H]3[C@H]2C1. The Bertz CT molecular complexity index is 2350. The van der Waals surface area contributed by atoms with E-state index in [0.717, 1.165) is 23.9 Å². The molecule has 326 valence electrons. The van der Waals surface area contributed by atoms with Gasteiger partial charge in [-0.1, -0.05) is 55.3 Å². The second-order valence-electron chi connectivity index (χ2n) is 18.4. The molecule has 1 aromatic heterocycles. The second-order valence-corrected chi connectivity index (χ2v) is 20.4. The maximum Gasteiger partial charge on any atom is 0.307 e. The average Bonchev–Trinajstić information content (AvgIpc) is 4.07. The number of imidazole rings is 1. The van der Waals surface area contributed by atoms with Crippen LogP contribution in [0.2, 0.25) is 0 Å². The number of carbonyl (C=O) groups excluding carboxylic acids is 5. The molecule has 5 aliphatic rings. The van der Waals surface area contributed by atoms with Crippen LogP contribution in [0, 0.1) is 23.7 Å². The van der Waals surface area contributed by atoms with Crippen molar-refractivity contribution >= 4 is 50.7 Å². The van der Waals surface area contributed by atoms with E-state index in [2.05, 4.69) is 10.0 Å². The van der Waals surface area contributed by atoms with Gasteiger partial charge in [0, 0.05) is 54.9 Å². The number of benzene rings is 2. The summed E-state index contributed by atoms with van der Waals surface area (Å²) in [5.41, 5.74) is -0.0205. The number of nitrogens with one attached hydrogen (secondary N) is 2. The molecule has 0 unspecified atom stereocenters. The van der Waals surface area contributed by atoms with Gasteiger partial charge >= 0.3 is 5.97 Å². The van der Waals surface area contributed by atoms with Crippen molar-refractivity contribution in [3.63, 3.8) is 0 Å². The Kier molecular flexibility index (Phi) is 11.5. The minimum absolute atomic E-state index is 0.0310. The average molecular weight is 857 g/mol. The molecule has 0 radical (unpaired) electrons. The largest absolute Gasteiger partial charge is 0.497 e. The van der Waals surface area contributed by atoms with E-state index in [1.165, 1.54) is 0 Å². The monoisotopic (exact) mass is 856 g/mol. The molecule has 0 bridgehead atoms. The third-order valence-corrected chi connectivity index (χ3v) is 14.6. The summed E-state index contributed by atoms with van der Waals surface area (Å²) in [6.07, 6.45) is 8.25. The fraction of sp³-hybridized carbons (Fsp3) is 0.556. The highest BCUT2D eigenvalue weighted by molar-refractivity contribution is 7.91. The molecule has 2 aliphatic carbocycles. The summed E-state index contributed by atoms with van der Waals surface area (Å²) in [6, 6.07) is 14.0. The summed E-state index contributed by atoms with van der Waals surface area (Å²) in [5, 5.41) is 2.33. The number of rotatable bonds is 9. The number of carbonyl (C=O) groups is 5. The van der Waals surface area contributed by atoms with Crippen LogP contribution in [-0.2, 0) is 45.3 Å². The van der Waals surface area contributed by atoms with E-state index in [0.29, 0.717) is 49.2 Å². The molecule has 16 heteroatoms.